The average Bonchev–Trinajstić information content (AvgIpc) is 2.83. The highest BCUT2D eigenvalue weighted by molar-refractivity contribution is 6.16. The molecule has 0 amide bonds. The van der Waals surface area contributed by atoms with Gasteiger partial charge in [-0.25, -0.2) is 9.37 Å². The van der Waals surface area contributed by atoms with E-state index in [0.29, 0.717) is 11.4 Å². The number of aromatic nitrogens is 3. The van der Waals surface area contributed by atoms with E-state index in [2.05, 4.69) is 9.97 Å². The maximum Gasteiger partial charge on any atom is 0.125 e. The van der Waals surface area contributed by atoms with Gasteiger partial charge in [-0.3, -0.25) is 4.98 Å². The Morgan fingerprint density at radius 2 is 2.10 bits per heavy atom. The molecule has 0 unspecified atom stereocenters. The Labute approximate surface area is 121 Å². The fraction of sp³-hybridized carbons (Fsp3) is 0.200. The molecule has 0 fully saturated rings. The van der Waals surface area contributed by atoms with Crippen LogP contribution in [0.4, 0.5) is 4.39 Å². The van der Waals surface area contributed by atoms with Gasteiger partial charge in [0, 0.05) is 30.9 Å². The summed E-state index contributed by atoms with van der Waals surface area (Å²) >= 11 is 5.93. The van der Waals surface area contributed by atoms with Crippen LogP contribution < -0.4 is 0 Å². The largest absolute Gasteiger partial charge is 0.327 e. The van der Waals surface area contributed by atoms with E-state index in [4.69, 9.17) is 11.6 Å². The van der Waals surface area contributed by atoms with Crippen molar-refractivity contribution in [3.8, 4) is 0 Å². The van der Waals surface area contributed by atoms with Crippen molar-refractivity contribution >= 4 is 22.6 Å². The first kappa shape index (κ1) is 13.1. The van der Waals surface area contributed by atoms with Crippen LogP contribution in [0.25, 0.3) is 11.0 Å². The highest BCUT2D eigenvalue weighted by atomic mass is 35.5. The summed E-state index contributed by atoms with van der Waals surface area (Å²) in [4.78, 5) is 8.68. The van der Waals surface area contributed by atoms with Gasteiger partial charge in [-0.2, -0.15) is 0 Å². The third-order valence-electron chi connectivity index (χ3n) is 3.23. The fourth-order valence-corrected chi connectivity index (χ4v) is 2.48. The summed E-state index contributed by atoms with van der Waals surface area (Å²) in [5.74, 6) is 0.773. The topological polar surface area (TPSA) is 30.7 Å². The SMILES string of the molecule is Fc1ccc2c(c1)nc(CCl)n2CCc1ccccn1. The molecule has 0 spiro atoms. The van der Waals surface area contributed by atoms with E-state index in [1.54, 1.807) is 12.3 Å². The molecule has 20 heavy (non-hydrogen) atoms. The molecule has 1 aromatic carbocycles. The average molecular weight is 290 g/mol. The molecule has 2 heterocycles. The summed E-state index contributed by atoms with van der Waals surface area (Å²) in [5.41, 5.74) is 2.55. The molecule has 0 saturated carbocycles. The van der Waals surface area contributed by atoms with Crippen molar-refractivity contribution in [3.63, 3.8) is 0 Å². The monoisotopic (exact) mass is 289 g/mol. The predicted molar refractivity (Wildman–Crippen MR) is 77.2 cm³/mol. The van der Waals surface area contributed by atoms with Crippen LogP contribution in [0.2, 0.25) is 0 Å². The second-order valence-electron chi connectivity index (χ2n) is 4.52. The number of imidazole rings is 1. The van der Waals surface area contributed by atoms with Crippen molar-refractivity contribution in [2.75, 3.05) is 0 Å². The van der Waals surface area contributed by atoms with Crippen molar-refractivity contribution in [1.82, 2.24) is 14.5 Å². The van der Waals surface area contributed by atoms with Gasteiger partial charge in [-0.05, 0) is 24.3 Å². The number of hydrogen-bond donors (Lipinski definition) is 0. The molecule has 0 aliphatic heterocycles. The third-order valence-corrected chi connectivity index (χ3v) is 3.47. The molecule has 3 rings (SSSR count). The minimum atomic E-state index is -0.284. The lowest BCUT2D eigenvalue weighted by Crippen LogP contribution is -2.05. The summed E-state index contributed by atoms with van der Waals surface area (Å²) in [6.45, 7) is 0.723. The first-order valence-electron chi connectivity index (χ1n) is 6.38. The molecule has 0 aliphatic rings. The molecule has 0 bridgehead atoms. The van der Waals surface area contributed by atoms with Crippen LogP contribution in [0.3, 0.4) is 0 Å². The van der Waals surface area contributed by atoms with E-state index in [1.807, 2.05) is 22.8 Å². The summed E-state index contributed by atoms with van der Waals surface area (Å²) in [6.07, 6.45) is 2.56. The van der Waals surface area contributed by atoms with Crippen LogP contribution in [-0.2, 0) is 18.8 Å². The molecule has 0 N–H and O–H groups in total. The highest BCUT2D eigenvalue weighted by Gasteiger charge is 2.10. The van der Waals surface area contributed by atoms with Crippen molar-refractivity contribution < 1.29 is 4.39 Å². The summed E-state index contributed by atoms with van der Waals surface area (Å²) < 4.78 is 15.3. The second kappa shape index (κ2) is 5.59. The lowest BCUT2D eigenvalue weighted by molar-refractivity contribution is 0.629. The van der Waals surface area contributed by atoms with E-state index >= 15 is 0 Å². The second-order valence-corrected chi connectivity index (χ2v) is 4.78. The quantitative estimate of drug-likeness (QED) is 0.688. The zero-order chi connectivity index (χ0) is 13.9. The molecule has 0 aliphatic carbocycles. The molecular formula is C15H13ClFN3. The van der Waals surface area contributed by atoms with Crippen molar-refractivity contribution in [2.24, 2.45) is 0 Å². The standard InChI is InChI=1S/C15H13ClFN3/c16-10-15-19-13-9-11(17)4-5-14(13)20(15)8-6-12-3-1-2-7-18-12/h1-5,7,9H,6,8,10H2. The number of alkyl halides is 1. The van der Waals surface area contributed by atoms with Crippen LogP contribution in [0.5, 0.6) is 0 Å². The number of hydrogen-bond acceptors (Lipinski definition) is 2. The van der Waals surface area contributed by atoms with Gasteiger partial charge in [0.05, 0.1) is 16.9 Å². The maximum absolute atomic E-state index is 13.2. The van der Waals surface area contributed by atoms with Crippen molar-refractivity contribution in [1.29, 1.82) is 0 Å². The zero-order valence-corrected chi connectivity index (χ0v) is 11.5. The van der Waals surface area contributed by atoms with Gasteiger partial charge in [0.25, 0.3) is 0 Å². The summed E-state index contributed by atoms with van der Waals surface area (Å²) in [5, 5.41) is 0. The molecule has 0 saturated heterocycles. The van der Waals surface area contributed by atoms with Gasteiger partial charge in [0.2, 0.25) is 0 Å². The molecule has 3 nitrogen and oxygen atoms in total. The van der Waals surface area contributed by atoms with Gasteiger partial charge in [-0.1, -0.05) is 6.07 Å². The van der Waals surface area contributed by atoms with Crippen LogP contribution in [0, 0.1) is 5.82 Å². The Morgan fingerprint density at radius 1 is 1.20 bits per heavy atom. The summed E-state index contributed by atoms with van der Waals surface area (Å²) in [6, 6.07) is 10.5. The molecule has 102 valence electrons. The van der Waals surface area contributed by atoms with E-state index in [9.17, 15) is 4.39 Å². The van der Waals surface area contributed by atoms with Gasteiger partial charge in [-0.15, -0.1) is 11.6 Å². The molecule has 5 heteroatoms. The highest BCUT2D eigenvalue weighted by Crippen LogP contribution is 2.19. The first-order valence-corrected chi connectivity index (χ1v) is 6.92. The van der Waals surface area contributed by atoms with Crippen molar-refractivity contribution in [2.45, 2.75) is 18.8 Å². The zero-order valence-electron chi connectivity index (χ0n) is 10.8. The third kappa shape index (κ3) is 2.51. The van der Waals surface area contributed by atoms with Crippen LogP contribution >= 0.6 is 11.6 Å². The summed E-state index contributed by atoms with van der Waals surface area (Å²) in [7, 11) is 0. The predicted octanol–water partition coefficient (Wildman–Crippen LogP) is 3.55. The lowest BCUT2D eigenvalue weighted by atomic mass is 10.2. The van der Waals surface area contributed by atoms with Crippen LogP contribution in [0.1, 0.15) is 11.5 Å². The molecule has 2 aromatic heterocycles. The number of nitrogens with zero attached hydrogens (tertiary/aromatic N) is 3. The Bertz CT molecular complexity index is 725. The molecule has 0 radical (unpaired) electrons. The van der Waals surface area contributed by atoms with E-state index < -0.39 is 0 Å². The smallest absolute Gasteiger partial charge is 0.125 e. The Morgan fingerprint density at radius 3 is 2.85 bits per heavy atom. The number of aryl methyl sites for hydroxylation is 2. The van der Waals surface area contributed by atoms with Crippen molar-refractivity contribution in [3.05, 3.63) is 59.9 Å². The van der Waals surface area contributed by atoms with E-state index in [-0.39, 0.29) is 5.82 Å². The normalized spacial score (nSPS) is 11.1. The Kier molecular flexibility index (Phi) is 3.65. The number of fused-ring (bicyclic) bond motifs is 1. The van der Waals surface area contributed by atoms with E-state index in [1.165, 1.54) is 12.1 Å². The minimum absolute atomic E-state index is 0.284. The van der Waals surface area contributed by atoms with Crippen LogP contribution in [0.15, 0.2) is 42.6 Å². The van der Waals surface area contributed by atoms with Gasteiger partial charge in [0.15, 0.2) is 0 Å². The Balaban J connectivity index is 1.93. The molecule has 0 atom stereocenters. The van der Waals surface area contributed by atoms with Gasteiger partial charge >= 0.3 is 0 Å². The molecule has 3 aromatic rings. The van der Waals surface area contributed by atoms with Crippen LogP contribution in [-0.4, -0.2) is 14.5 Å². The Hall–Kier alpha value is -1.94. The van der Waals surface area contributed by atoms with Gasteiger partial charge in [0.1, 0.15) is 11.6 Å². The number of benzene rings is 1. The fourth-order valence-electron chi connectivity index (χ4n) is 2.28. The first-order chi connectivity index (χ1) is 9.78. The molecular weight excluding hydrogens is 277 g/mol. The van der Waals surface area contributed by atoms with E-state index in [0.717, 1.165) is 30.0 Å². The number of rotatable bonds is 4. The number of pyridine rings is 1. The minimum Gasteiger partial charge on any atom is -0.327 e. The maximum atomic E-state index is 13.2. The lowest BCUT2D eigenvalue weighted by Gasteiger charge is -2.07. The number of halogens is 2. The van der Waals surface area contributed by atoms with Gasteiger partial charge < -0.3 is 4.57 Å².